The standard InChI is InChI=1S/C14H18ClN3O4/c1-16-13(21)18(8-2-3-12(19)20)14(22)17-9-10-4-6-11(15)7-5-10/h4-7H,2-3,8-9H2,1H3,(H,16,21)(H,17,22)(H,19,20). The van der Waals surface area contributed by atoms with E-state index in [0.717, 1.165) is 10.5 Å². The van der Waals surface area contributed by atoms with Gasteiger partial charge in [0.2, 0.25) is 0 Å². The normalized spacial score (nSPS) is 9.91. The van der Waals surface area contributed by atoms with Gasteiger partial charge in [0.25, 0.3) is 0 Å². The summed E-state index contributed by atoms with van der Waals surface area (Å²) < 4.78 is 0. The average molecular weight is 328 g/mol. The molecule has 1 rings (SSSR count). The molecule has 8 heteroatoms. The topological polar surface area (TPSA) is 98.7 Å². The van der Waals surface area contributed by atoms with E-state index in [1.165, 1.54) is 7.05 Å². The molecular weight excluding hydrogens is 310 g/mol. The first kappa shape index (κ1) is 17.8. The fourth-order valence-corrected chi connectivity index (χ4v) is 1.82. The van der Waals surface area contributed by atoms with Crippen LogP contribution in [0.15, 0.2) is 24.3 Å². The Morgan fingerprint density at radius 3 is 2.36 bits per heavy atom. The Hall–Kier alpha value is -2.28. The lowest BCUT2D eigenvalue weighted by Crippen LogP contribution is -2.47. The van der Waals surface area contributed by atoms with E-state index in [0.29, 0.717) is 5.02 Å². The molecule has 0 saturated carbocycles. The van der Waals surface area contributed by atoms with E-state index in [1.807, 2.05) is 0 Å². The van der Waals surface area contributed by atoms with Crippen molar-refractivity contribution < 1.29 is 19.5 Å². The maximum absolute atomic E-state index is 12.0. The second-order valence-electron chi connectivity index (χ2n) is 4.49. The number of hydrogen-bond acceptors (Lipinski definition) is 3. The van der Waals surface area contributed by atoms with Gasteiger partial charge in [-0.3, -0.25) is 4.79 Å². The molecule has 0 aliphatic carbocycles. The van der Waals surface area contributed by atoms with Crippen molar-refractivity contribution in [3.05, 3.63) is 34.9 Å². The minimum atomic E-state index is -0.974. The van der Waals surface area contributed by atoms with Crippen LogP contribution >= 0.6 is 11.6 Å². The second kappa shape index (κ2) is 8.89. The van der Waals surface area contributed by atoms with Crippen molar-refractivity contribution >= 4 is 29.6 Å². The Balaban J connectivity index is 2.57. The monoisotopic (exact) mass is 327 g/mol. The molecule has 0 fully saturated rings. The smallest absolute Gasteiger partial charge is 0.325 e. The first-order valence-electron chi connectivity index (χ1n) is 6.67. The Bertz CT molecular complexity index is 533. The third-order valence-corrected chi connectivity index (χ3v) is 3.09. The summed E-state index contributed by atoms with van der Waals surface area (Å²) in [6.45, 7) is 0.265. The summed E-state index contributed by atoms with van der Waals surface area (Å²) >= 11 is 5.77. The number of nitrogens with one attached hydrogen (secondary N) is 2. The molecule has 0 aliphatic heterocycles. The fraction of sp³-hybridized carbons (Fsp3) is 0.357. The van der Waals surface area contributed by atoms with Gasteiger partial charge in [-0.1, -0.05) is 23.7 Å². The SMILES string of the molecule is CNC(=O)N(CCCC(=O)O)C(=O)NCc1ccc(Cl)cc1. The first-order chi connectivity index (χ1) is 10.4. The van der Waals surface area contributed by atoms with Gasteiger partial charge in [-0.25, -0.2) is 14.5 Å². The van der Waals surface area contributed by atoms with Crippen molar-refractivity contribution in [2.75, 3.05) is 13.6 Å². The lowest BCUT2D eigenvalue weighted by molar-refractivity contribution is -0.137. The molecule has 0 saturated heterocycles. The third-order valence-electron chi connectivity index (χ3n) is 2.83. The summed E-state index contributed by atoms with van der Waals surface area (Å²) in [5.74, 6) is -0.974. The summed E-state index contributed by atoms with van der Waals surface area (Å²) in [5, 5.41) is 14.2. The van der Waals surface area contributed by atoms with Crippen molar-refractivity contribution in [1.82, 2.24) is 15.5 Å². The molecule has 3 N–H and O–H groups in total. The molecule has 0 aliphatic rings. The van der Waals surface area contributed by atoms with Crippen molar-refractivity contribution in [2.24, 2.45) is 0 Å². The molecule has 7 nitrogen and oxygen atoms in total. The molecular formula is C14H18ClN3O4. The predicted molar refractivity (Wildman–Crippen MR) is 81.7 cm³/mol. The highest BCUT2D eigenvalue weighted by atomic mass is 35.5. The van der Waals surface area contributed by atoms with Crippen LogP contribution in [0, 0.1) is 0 Å². The number of aliphatic carboxylic acids is 1. The molecule has 0 radical (unpaired) electrons. The third kappa shape index (κ3) is 6.01. The van der Waals surface area contributed by atoms with Gasteiger partial charge in [-0.15, -0.1) is 0 Å². The summed E-state index contributed by atoms with van der Waals surface area (Å²) in [7, 11) is 1.40. The van der Waals surface area contributed by atoms with E-state index in [-0.39, 0.29) is 25.9 Å². The number of carbonyl (C=O) groups is 3. The van der Waals surface area contributed by atoms with Gasteiger partial charge < -0.3 is 15.7 Å². The highest BCUT2D eigenvalue weighted by molar-refractivity contribution is 6.30. The molecule has 0 unspecified atom stereocenters. The first-order valence-corrected chi connectivity index (χ1v) is 7.05. The highest BCUT2D eigenvalue weighted by Gasteiger charge is 2.20. The van der Waals surface area contributed by atoms with Gasteiger partial charge in [-0.2, -0.15) is 0 Å². The Labute approximate surface area is 133 Å². The zero-order valence-corrected chi connectivity index (χ0v) is 12.9. The molecule has 0 spiro atoms. The van der Waals surface area contributed by atoms with E-state index < -0.39 is 18.0 Å². The number of rotatable bonds is 6. The number of hydrogen-bond donors (Lipinski definition) is 3. The zero-order valence-electron chi connectivity index (χ0n) is 12.1. The van der Waals surface area contributed by atoms with Crippen LogP contribution in [0.3, 0.4) is 0 Å². The van der Waals surface area contributed by atoms with E-state index >= 15 is 0 Å². The van der Waals surface area contributed by atoms with Gasteiger partial charge in [0.1, 0.15) is 0 Å². The molecule has 4 amide bonds. The van der Waals surface area contributed by atoms with Gasteiger partial charge in [0.05, 0.1) is 0 Å². The van der Waals surface area contributed by atoms with Crippen molar-refractivity contribution in [1.29, 1.82) is 0 Å². The Morgan fingerprint density at radius 2 is 1.82 bits per heavy atom. The van der Waals surface area contributed by atoms with Crippen LogP contribution in [0.1, 0.15) is 18.4 Å². The van der Waals surface area contributed by atoms with Crippen LogP contribution in [0.4, 0.5) is 9.59 Å². The molecule has 0 atom stereocenters. The van der Waals surface area contributed by atoms with E-state index in [2.05, 4.69) is 10.6 Å². The molecule has 0 aromatic heterocycles. The number of halogens is 1. The minimum Gasteiger partial charge on any atom is -0.481 e. The molecule has 0 bridgehead atoms. The van der Waals surface area contributed by atoms with Gasteiger partial charge in [0.15, 0.2) is 0 Å². The summed E-state index contributed by atoms with van der Waals surface area (Å²) in [6.07, 6.45) is 0.0784. The van der Waals surface area contributed by atoms with E-state index in [4.69, 9.17) is 16.7 Å². The van der Waals surface area contributed by atoms with Crippen LogP contribution in [-0.2, 0) is 11.3 Å². The number of carboxylic acid groups (broad SMARTS) is 1. The largest absolute Gasteiger partial charge is 0.481 e. The minimum absolute atomic E-state index is 0.0262. The van der Waals surface area contributed by atoms with Crippen molar-refractivity contribution in [3.8, 4) is 0 Å². The van der Waals surface area contributed by atoms with Crippen molar-refractivity contribution in [2.45, 2.75) is 19.4 Å². The van der Waals surface area contributed by atoms with Crippen LogP contribution < -0.4 is 10.6 Å². The summed E-state index contributed by atoms with van der Waals surface area (Å²) in [5.41, 5.74) is 0.833. The summed E-state index contributed by atoms with van der Waals surface area (Å²) in [4.78, 5) is 35.2. The zero-order chi connectivity index (χ0) is 16.5. The number of imide groups is 1. The number of carboxylic acids is 1. The number of urea groups is 2. The maximum Gasteiger partial charge on any atom is 0.325 e. The number of amides is 4. The molecule has 22 heavy (non-hydrogen) atoms. The number of nitrogens with zero attached hydrogens (tertiary/aromatic N) is 1. The lowest BCUT2D eigenvalue weighted by Gasteiger charge is -2.20. The maximum atomic E-state index is 12.0. The Morgan fingerprint density at radius 1 is 1.18 bits per heavy atom. The Kier molecular flexibility index (Phi) is 7.18. The number of benzene rings is 1. The molecule has 1 aromatic carbocycles. The second-order valence-corrected chi connectivity index (χ2v) is 4.93. The van der Waals surface area contributed by atoms with E-state index in [1.54, 1.807) is 24.3 Å². The summed E-state index contributed by atoms with van der Waals surface area (Å²) in [6, 6.07) is 5.76. The quantitative estimate of drug-likeness (QED) is 0.744. The lowest BCUT2D eigenvalue weighted by atomic mass is 10.2. The average Bonchev–Trinajstić information content (AvgIpc) is 2.49. The number of carbonyl (C=O) groups excluding carboxylic acids is 2. The van der Waals surface area contributed by atoms with Gasteiger partial charge in [-0.05, 0) is 24.1 Å². The van der Waals surface area contributed by atoms with Crippen LogP contribution in [0.25, 0.3) is 0 Å². The highest BCUT2D eigenvalue weighted by Crippen LogP contribution is 2.09. The van der Waals surface area contributed by atoms with Crippen LogP contribution in [-0.4, -0.2) is 41.6 Å². The van der Waals surface area contributed by atoms with Crippen LogP contribution in [0.2, 0.25) is 5.02 Å². The fourth-order valence-electron chi connectivity index (χ4n) is 1.69. The van der Waals surface area contributed by atoms with Gasteiger partial charge >= 0.3 is 18.0 Å². The van der Waals surface area contributed by atoms with E-state index in [9.17, 15) is 14.4 Å². The van der Waals surface area contributed by atoms with Gasteiger partial charge in [0, 0.05) is 31.6 Å². The van der Waals surface area contributed by atoms with Crippen LogP contribution in [0.5, 0.6) is 0 Å². The molecule has 1 aromatic rings. The molecule has 0 heterocycles. The van der Waals surface area contributed by atoms with Crippen molar-refractivity contribution in [3.63, 3.8) is 0 Å². The predicted octanol–water partition coefficient (Wildman–Crippen LogP) is 2.06. The molecule has 120 valence electrons.